The molecule has 1 amide bonds. The van der Waals surface area contributed by atoms with E-state index in [1.165, 1.54) is 23.5 Å². The second-order valence-corrected chi connectivity index (χ2v) is 9.48. The number of carbonyl (C=O) groups is 1. The molecule has 1 atom stereocenters. The Hall–Kier alpha value is -3.06. The normalized spacial score (nSPS) is 13.0. The van der Waals surface area contributed by atoms with Gasteiger partial charge in [0.2, 0.25) is 5.91 Å². The molecule has 0 saturated heterocycles. The van der Waals surface area contributed by atoms with Gasteiger partial charge in [-0.2, -0.15) is 5.10 Å². The van der Waals surface area contributed by atoms with Crippen LogP contribution in [0.3, 0.4) is 0 Å². The molecule has 0 fully saturated rings. The van der Waals surface area contributed by atoms with Crippen molar-refractivity contribution in [2.24, 2.45) is 11.3 Å². The van der Waals surface area contributed by atoms with Crippen molar-refractivity contribution in [1.82, 2.24) is 14.8 Å². The Labute approximate surface area is 184 Å². The van der Waals surface area contributed by atoms with Gasteiger partial charge in [0.05, 0.1) is 22.8 Å². The summed E-state index contributed by atoms with van der Waals surface area (Å²) in [5.41, 5.74) is 2.16. The standard InChI is InChI=1S/C24H25FN4OS/c1-15(2)21(24(3,4)22(30)28-23-26-11-12-31-23)16-5-10-20-17(13-16)14-27-29(20)19-8-6-18(25)7-9-19/h5-15,21H,1-4H3,(H,26,28,30). The summed E-state index contributed by atoms with van der Waals surface area (Å²) >= 11 is 1.41. The number of rotatable bonds is 6. The number of halogens is 1. The number of benzene rings is 2. The highest BCUT2D eigenvalue weighted by Crippen LogP contribution is 2.43. The first-order valence-corrected chi connectivity index (χ1v) is 11.1. The molecule has 4 rings (SSSR count). The van der Waals surface area contributed by atoms with Gasteiger partial charge in [-0.3, -0.25) is 4.79 Å². The SMILES string of the molecule is CC(C)C(c1ccc2c(cnn2-c2ccc(F)cc2)c1)C(C)(C)C(=O)Nc1nccs1. The molecular formula is C24H25FN4OS. The first kappa shape index (κ1) is 21.2. The highest BCUT2D eigenvalue weighted by atomic mass is 32.1. The highest BCUT2D eigenvalue weighted by Gasteiger charge is 2.40. The van der Waals surface area contributed by atoms with Crippen LogP contribution in [0.4, 0.5) is 9.52 Å². The summed E-state index contributed by atoms with van der Waals surface area (Å²) < 4.78 is 15.1. The number of fused-ring (bicyclic) bond motifs is 1. The maximum atomic E-state index is 13.3. The van der Waals surface area contributed by atoms with E-state index in [2.05, 4.69) is 41.4 Å². The number of nitrogens with one attached hydrogen (secondary N) is 1. The van der Waals surface area contributed by atoms with Crippen molar-refractivity contribution in [3.63, 3.8) is 0 Å². The van der Waals surface area contributed by atoms with Gasteiger partial charge in [-0.15, -0.1) is 11.3 Å². The molecule has 4 aromatic rings. The second kappa shape index (κ2) is 8.23. The Bertz CT molecular complexity index is 1200. The van der Waals surface area contributed by atoms with E-state index in [1.807, 2.05) is 31.5 Å². The molecule has 2 aromatic carbocycles. The monoisotopic (exact) mass is 436 g/mol. The van der Waals surface area contributed by atoms with Crippen LogP contribution in [0.5, 0.6) is 0 Å². The number of anilines is 1. The molecule has 31 heavy (non-hydrogen) atoms. The number of hydrogen-bond acceptors (Lipinski definition) is 4. The minimum Gasteiger partial charge on any atom is -0.301 e. The van der Waals surface area contributed by atoms with E-state index >= 15 is 0 Å². The molecule has 2 heterocycles. The molecule has 0 spiro atoms. The summed E-state index contributed by atoms with van der Waals surface area (Å²) in [7, 11) is 0. The highest BCUT2D eigenvalue weighted by molar-refractivity contribution is 7.13. The van der Waals surface area contributed by atoms with Gasteiger partial charge in [-0.1, -0.05) is 33.8 Å². The lowest BCUT2D eigenvalue weighted by Crippen LogP contribution is -2.38. The molecule has 0 bridgehead atoms. The largest absolute Gasteiger partial charge is 0.301 e. The third kappa shape index (κ3) is 4.10. The number of nitrogens with zero attached hydrogens (tertiary/aromatic N) is 3. The average Bonchev–Trinajstić information content (AvgIpc) is 3.37. The zero-order valence-corrected chi connectivity index (χ0v) is 18.8. The fourth-order valence-electron chi connectivity index (χ4n) is 4.35. The van der Waals surface area contributed by atoms with Crippen molar-refractivity contribution in [2.45, 2.75) is 33.6 Å². The van der Waals surface area contributed by atoms with Crippen LogP contribution in [0.25, 0.3) is 16.6 Å². The number of carbonyl (C=O) groups excluding carboxylic acids is 1. The van der Waals surface area contributed by atoms with Gasteiger partial charge in [0.1, 0.15) is 5.82 Å². The molecule has 0 saturated carbocycles. The number of thiazole rings is 1. The summed E-state index contributed by atoms with van der Waals surface area (Å²) in [6.45, 7) is 8.23. The Kier molecular flexibility index (Phi) is 5.62. The first-order chi connectivity index (χ1) is 14.8. The van der Waals surface area contributed by atoms with Crippen LogP contribution < -0.4 is 5.32 Å². The minimum absolute atomic E-state index is 0.00830. The summed E-state index contributed by atoms with van der Waals surface area (Å²) in [6, 6.07) is 12.5. The molecule has 1 unspecified atom stereocenters. The molecule has 0 aliphatic carbocycles. The van der Waals surface area contributed by atoms with Crippen LogP contribution in [-0.2, 0) is 4.79 Å². The predicted octanol–water partition coefficient (Wildman–Crippen LogP) is 6.03. The van der Waals surface area contributed by atoms with Gasteiger partial charge < -0.3 is 5.32 Å². The number of hydrogen-bond donors (Lipinski definition) is 1. The van der Waals surface area contributed by atoms with Gasteiger partial charge in [-0.05, 0) is 47.9 Å². The van der Waals surface area contributed by atoms with E-state index in [0.29, 0.717) is 5.13 Å². The zero-order valence-electron chi connectivity index (χ0n) is 18.0. The molecule has 2 aromatic heterocycles. The van der Waals surface area contributed by atoms with Crippen LogP contribution in [-0.4, -0.2) is 20.7 Å². The van der Waals surface area contributed by atoms with Crippen LogP contribution in [0.2, 0.25) is 0 Å². The van der Waals surface area contributed by atoms with E-state index in [9.17, 15) is 9.18 Å². The summed E-state index contributed by atoms with van der Waals surface area (Å²) in [5, 5.41) is 10.9. The third-order valence-corrected chi connectivity index (χ3v) is 6.39. The van der Waals surface area contributed by atoms with Gasteiger partial charge in [-0.25, -0.2) is 14.1 Å². The molecule has 1 N–H and O–H groups in total. The van der Waals surface area contributed by atoms with Crippen molar-refractivity contribution in [1.29, 1.82) is 0 Å². The lowest BCUT2D eigenvalue weighted by atomic mass is 9.68. The summed E-state index contributed by atoms with van der Waals surface area (Å²) in [5.74, 6) is -0.101. The van der Waals surface area contributed by atoms with Gasteiger partial charge in [0, 0.05) is 22.9 Å². The summed E-state index contributed by atoms with van der Waals surface area (Å²) in [4.78, 5) is 17.3. The average molecular weight is 437 g/mol. The van der Waals surface area contributed by atoms with Gasteiger partial charge >= 0.3 is 0 Å². The van der Waals surface area contributed by atoms with Crippen LogP contribution in [0.15, 0.2) is 60.2 Å². The zero-order chi connectivity index (χ0) is 22.2. The topological polar surface area (TPSA) is 59.8 Å². The fraction of sp³-hybridized carbons (Fsp3) is 0.292. The lowest BCUT2D eigenvalue weighted by Gasteiger charge is -2.36. The molecule has 0 radical (unpaired) electrons. The molecule has 5 nitrogen and oxygen atoms in total. The molecule has 0 aliphatic rings. The minimum atomic E-state index is -0.652. The Morgan fingerprint density at radius 2 is 1.90 bits per heavy atom. The summed E-state index contributed by atoms with van der Waals surface area (Å²) in [6.07, 6.45) is 3.49. The molecular weight excluding hydrogens is 411 g/mol. The number of aromatic nitrogens is 3. The maximum absolute atomic E-state index is 13.3. The number of amides is 1. The third-order valence-electron chi connectivity index (χ3n) is 5.70. The smallest absolute Gasteiger partial charge is 0.232 e. The van der Waals surface area contributed by atoms with Gasteiger partial charge in [0.15, 0.2) is 5.13 Å². The Morgan fingerprint density at radius 1 is 1.16 bits per heavy atom. The van der Waals surface area contributed by atoms with Crippen molar-refractivity contribution in [2.75, 3.05) is 5.32 Å². The van der Waals surface area contributed by atoms with Crippen LogP contribution in [0.1, 0.15) is 39.2 Å². The molecule has 160 valence electrons. The predicted molar refractivity (Wildman–Crippen MR) is 123 cm³/mol. The van der Waals surface area contributed by atoms with E-state index in [0.717, 1.165) is 22.2 Å². The van der Waals surface area contributed by atoms with Gasteiger partial charge in [0.25, 0.3) is 0 Å². The van der Waals surface area contributed by atoms with E-state index in [4.69, 9.17) is 0 Å². The molecule has 7 heteroatoms. The first-order valence-electron chi connectivity index (χ1n) is 10.2. The van der Waals surface area contributed by atoms with E-state index in [-0.39, 0.29) is 23.6 Å². The van der Waals surface area contributed by atoms with Crippen molar-refractivity contribution in [3.8, 4) is 5.69 Å². The van der Waals surface area contributed by atoms with E-state index < -0.39 is 5.41 Å². The van der Waals surface area contributed by atoms with Crippen molar-refractivity contribution < 1.29 is 9.18 Å². The lowest BCUT2D eigenvalue weighted by molar-refractivity contribution is -0.125. The van der Waals surface area contributed by atoms with Crippen LogP contribution >= 0.6 is 11.3 Å². The molecule has 0 aliphatic heterocycles. The quantitative estimate of drug-likeness (QED) is 0.402. The fourth-order valence-corrected chi connectivity index (χ4v) is 4.88. The van der Waals surface area contributed by atoms with Crippen molar-refractivity contribution >= 4 is 33.3 Å². The Balaban J connectivity index is 1.69. The van der Waals surface area contributed by atoms with E-state index in [1.54, 1.807) is 23.0 Å². The Morgan fingerprint density at radius 3 is 2.55 bits per heavy atom. The second-order valence-electron chi connectivity index (χ2n) is 8.59. The maximum Gasteiger partial charge on any atom is 0.232 e. The van der Waals surface area contributed by atoms with Crippen molar-refractivity contribution in [3.05, 3.63) is 71.6 Å². The van der Waals surface area contributed by atoms with Crippen LogP contribution in [0, 0.1) is 17.2 Å².